The lowest BCUT2D eigenvalue weighted by molar-refractivity contribution is 0.373. The van der Waals surface area contributed by atoms with Crippen molar-refractivity contribution in [2.75, 3.05) is 0 Å². The predicted octanol–water partition coefficient (Wildman–Crippen LogP) is 5.31. The van der Waals surface area contributed by atoms with Crippen molar-refractivity contribution in [1.29, 1.82) is 0 Å². The standard InChI is InChI=1S/C16H18BrNS/c17-14-9-5-4-8-13(14)10-16-18-15(11-19-16)12-6-2-1-3-7-12/h1-3,6-7,11,13-14H,4-5,8-10H2. The van der Waals surface area contributed by atoms with Gasteiger partial charge in [0.25, 0.3) is 0 Å². The summed E-state index contributed by atoms with van der Waals surface area (Å²) in [5.74, 6) is 0.767. The van der Waals surface area contributed by atoms with Crippen molar-refractivity contribution in [3.8, 4) is 11.3 Å². The van der Waals surface area contributed by atoms with Gasteiger partial charge in [0.2, 0.25) is 0 Å². The molecule has 1 aliphatic rings. The van der Waals surface area contributed by atoms with Crippen molar-refractivity contribution >= 4 is 27.3 Å². The number of benzene rings is 1. The smallest absolute Gasteiger partial charge is 0.0935 e. The minimum Gasteiger partial charge on any atom is -0.241 e. The summed E-state index contributed by atoms with van der Waals surface area (Å²) in [6.07, 6.45) is 6.55. The van der Waals surface area contributed by atoms with Gasteiger partial charge in [-0.15, -0.1) is 11.3 Å². The fraction of sp³-hybridized carbons (Fsp3) is 0.438. The van der Waals surface area contributed by atoms with E-state index >= 15 is 0 Å². The molecule has 1 aromatic heterocycles. The Balaban J connectivity index is 1.71. The summed E-state index contributed by atoms with van der Waals surface area (Å²) in [7, 11) is 0. The van der Waals surface area contributed by atoms with Crippen LogP contribution in [0.2, 0.25) is 0 Å². The number of hydrogen-bond donors (Lipinski definition) is 0. The van der Waals surface area contributed by atoms with Gasteiger partial charge < -0.3 is 0 Å². The van der Waals surface area contributed by atoms with E-state index in [0.717, 1.165) is 18.0 Å². The fourth-order valence-electron chi connectivity index (χ4n) is 2.76. The molecular formula is C16H18BrNS. The molecule has 2 unspecified atom stereocenters. The molecule has 1 saturated carbocycles. The van der Waals surface area contributed by atoms with Crippen molar-refractivity contribution in [3.63, 3.8) is 0 Å². The van der Waals surface area contributed by atoms with E-state index in [0.29, 0.717) is 4.83 Å². The molecule has 1 aromatic carbocycles. The van der Waals surface area contributed by atoms with E-state index in [1.165, 1.54) is 36.3 Å². The molecule has 19 heavy (non-hydrogen) atoms. The Morgan fingerprint density at radius 1 is 1.16 bits per heavy atom. The zero-order valence-corrected chi connectivity index (χ0v) is 13.3. The Hall–Kier alpha value is -0.670. The molecule has 0 bridgehead atoms. The van der Waals surface area contributed by atoms with Crippen LogP contribution in [0.1, 0.15) is 30.7 Å². The van der Waals surface area contributed by atoms with Crippen molar-refractivity contribution in [3.05, 3.63) is 40.7 Å². The number of hydrogen-bond acceptors (Lipinski definition) is 2. The number of rotatable bonds is 3. The third-order valence-electron chi connectivity index (χ3n) is 3.87. The van der Waals surface area contributed by atoms with E-state index < -0.39 is 0 Å². The Morgan fingerprint density at radius 2 is 1.95 bits per heavy atom. The first-order chi connectivity index (χ1) is 9.33. The summed E-state index contributed by atoms with van der Waals surface area (Å²) in [5.41, 5.74) is 2.35. The van der Waals surface area contributed by atoms with Crippen molar-refractivity contribution in [1.82, 2.24) is 4.98 Å². The quantitative estimate of drug-likeness (QED) is 0.693. The van der Waals surface area contributed by atoms with E-state index in [9.17, 15) is 0 Å². The molecule has 1 heterocycles. The monoisotopic (exact) mass is 335 g/mol. The number of aromatic nitrogens is 1. The number of halogens is 1. The van der Waals surface area contributed by atoms with Crippen LogP contribution in [-0.2, 0) is 6.42 Å². The first kappa shape index (κ1) is 13.3. The molecule has 0 aliphatic heterocycles. The maximum Gasteiger partial charge on any atom is 0.0935 e. The Kier molecular flexibility index (Phi) is 4.34. The van der Waals surface area contributed by atoms with Crippen molar-refractivity contribution < 1.29 is 0 Å². The minimum absolute atomic E-state index is 0.685. The van der Waals surface area contributed by atoms with Gasteiger partial charge in [0.05, 0.1) is 10.7 Å². The van der Waals surface area contributed by atoms with Crippen LogP contribution in [0.3, 0.4) is 0 Å². The van der Waals surface area contributed by atoms with Crippen molar-refractivity contribution in [2.45, 2.75) is 36.9 Å². The van der Waals surface area contributed by atoms with Gasteiger partial charge in [0, 0.05) is 22.2 Å². The molecule has 0 amide bonds. The number of thiazole rings is 1. The van der Waals surface area contributed by atoms with Gasteiger partial charge in [-0.2, -0.15) is 0 Å². The van der Waals surface area contributed by atoms with Gasteiger partial charge in [-0.3, -0.25) is 0 Å². The van der Waals surface area contributed by atoms with E-state index in [-0.39, 0.29) is 0 Å². The third kappa shape index (κ3) is 3.26. The summed E-state index contributed by atoms with van der Waals surface area (Å²) in [6, 6.07) is 10.5. The van der Waals surface area contributed by atoms with Crippen LogP contribution in [0.4, 0.5) is 0 Å². The SMILES string of the molecule is BrC1CCCCC1Cc1nc(-c2ccccc2)cs1. The van der Waals surface area contributed by atoms with Gasteiger partial charge in [-0.05, 0) is 18.8 Å². The largest absolute Gasteiger partial charge is 0.241 e. The maximum absolute atomic E-state index is 4.81. The van der Waals surface area contributed by atoms with Crippen molar-refractivity contribution in [2.24, 2.45) is 5.92 Å². The molecule has 0 saturated heterocycles. The Labute approximate surface area is 127 Å². The molecule has 0 N–H and O–H groups in total. The lowest BCUT2D eigenvalue weighted by Gasteiger charge is -2.26. The molecule has 2 atom stereocenters. The first-order valence-corrected chi connectivity index (χ1v) is 8.76. The molecule has 1 fully saturated rings. The number of nitrogens with zero attached hydrogens (tertiary/aromatic N) is 1. The van der Waals surface area contributed by atoms with Crippen LogP contribution in [0.15, 0.2) is 35.7 Å². The first-order valence-electron chi connectivity index (χ1n) is 6.97. The second-order valence-electron chi connectivity index (χ2n) is 5.26. The highest BCUT2D eigenvalue weighted by atomic mass is 79.9. The zero-order valence-electron chi connectivity index (χ0n) is 10.9. The highest BCUT2D eigenvalue weighted by molar-refractivity contribution is 9.09. The third-order valence-corrected chi connectivity index (χ3v) is 5.95. The van der Waals surface area contributed by atoms with Gasteiger partial charge in [-0.25, -0.2) is 4.98 Å². The number of alkyl halides is 1. The van der Waals surface area contributed by atoms with Gasteiger partial charge >= 0.3 is 0 Å². The molecule has 3 rings (SSSR count). The van der Waals surface area contributed by atoms with Crippen LogP contribution in [0, 0.1) is 5.92 Å². The van der Waals surface area contributed by atoms with Gasteiger partial charge in [-0.1, -0.05) is 59.1 Å². The van der Waals surface area contributed by atoms with Crippen LogP contribution in [-0.4, -0.2) is 9.81 Å². The van der Waals surface area contributed by atoms with E-state index in [2.05, 4.69) is 45.6 Å². The van der Waals surface area contributed by atoms with Crippen LogP contribution >= 0.6 is 27.3 Å². The highest BCUT2D eigenvalue weighted by Gasteiger charge is 2.23. The summed E-state index contributed by atoms with van der Waals surface area (Å²) in [4.78, 5) is 5.49. The van der Waals surface area contributed by atoms with Crippen LogP contribution in [0.25, 0.3) is 11.3 Å². The molecule has 1 nitrogen and oxygen atoms in total. The summed E-state index contributed by atoms with van der Waals surface area (Å²) >= 11 is 5.65. The average molecular weight is 336 g/mol. The summed E-state index contributed by atoms with van der Waals surface area (Å²) in [5, 5.41) is 3.48. The molecule has 0 radical (unpaired) electrons. The molecule has 0 spiro atoms. The molecule has 100 valence electrons. The lowest BCUT2D eigenvalue weighted by atomic mass is 9.87. The zero-order chi connectivity index (χ0) is 13.1. The normalized spacial score (nSPS) is 23.4. The highest BCUT2D eigenvalue weighted by Crippen LogP contribution is 2.33. The summed E-state index contributed by atoms with van der Waals surface area (Å²) < 4.78 is 0. The van der Waals surface area contributed by atoms with E-state index in [1.807, 2.05) is 17.4 Å². The molecule has 3 heteroatoms. The van der Waals surface area contributed by atoms with Gasteiger partial charge in [0.1, 0.15) is 0 Å². The second-order valence-corrected chi connectivity index (χ2v) is 7.38. The Bertz CT molecular complexity index is 523. The molecular weight excluding hydrogens is 318 g/mol. The average Bonchev–Trinajstić information content (AvgIpc) is 2.91. The molecule has 1 aliphatic carbocycles. The summed E-state index contributed by atoms with van der Waals surface area (Å²) in [6.45, 7) is 0. The molecule has 2 aromatic rings. The van der Waals surface area contributed by atoms with Gasteiger partial charge in [0.15, 0.2) is 0 Å². The maximum atomic E-state index is 4.81. The Morgan fingerprint density at radius 3 is 2.74 bits per heavy atom. The van der Waals surface area contributed by atoms with Crippen LogP contribution < -0.4 is 0 Å². The van der Waals surface area contributed by atoms with Crippen LogP contribution in [0.5, 0.6) is 0 Å². The lowest BCUT2D eigenvalue weighted by Crippen LogP contribution is -2.21. The predicted molar refractivity (Wildman–Crippen MR) is 85.9 cm³/mol. The topological polar surface area (TPSA) is 12.9 Å². The fourth-order valence-corrected chi connectivity index (χ4v) is 4.44. The minimum atomic E-state index is 0.685. The van der Waals surface area contributed by atoms with E-state index in [4.69, 9.17) is 4.98 Å². The second kappa shape index (κ2) is 6.19. The van der Waals surface area contributed by atoms with E-state index in [1.54, 1.807) is 0 Å².